The standard InChI is InChI=1S/C22H23IN4O4S2/c23-17-3-1-2-4-19(17)30-9-13-5-20(32-11-13)21(29)16-8-25-12-26-22(16)27-15-6-14(10-31-33-24)18(28)7-15/h1-5,8,11-12,14-15,18,28H,6-7,9-10,24H2,(H,25,26,27)/t14-,15-,18+/m1/s1. The van der Waals surface area contributed by atoms with Crippen LogP contribution in [-0.4, -0.2) is 39.6 Å². The van der Waals surface area contributed by atoms with Gasteiger partial charge in [0.05, 0.1) is 39.0 Å². The van der Waals surface area contributed by atoms with E-state index in [9.17, 15) is 9.90 Å². The Morgan fingerprint density at radius 1 is 1.36 bits per heavy atom. The van der Waals surface area contributed by atoms with E-state index < -0.39 is 6.10 Å². The minimum absolute atomic E-state index is 0.0212. The van der Waals surface area contributed by atoms with Gasteiger partial charge in [-0.05, 0) is 59.0 Å². The van der Waals surface area contributed by atoms with Crippen LogP contribution in [0.1, 0.15) is 33.6 Å². The van der Waals surface area contributed by atoms with Crippen molar-refractivity contribution in [3.05, 3.63) is 67.8 Å². The number of rotatable bonds is 10. The average Bonchev–Trinajstić information content (AvgIpc) is 3.43. The van der Waals surface area contributed by atoms with Crippen molar-refractivity contribution < 1.29 is 18.8 Å². The first-order valence-electron chi connectivity index (χ1n) is 10.3. The zero-order valence-corrected chi connectivity index (χ0v) is 21.3. The quantitative estimate of drug-likeness (QED) is 0.138. The number of para-hydroxylation sites is 1. The molecule has 4 N–H and O–H groups in total. The van der Waals surface area contributed by atoms with E-state index in [-0.39, 0.29) is 17.7 Å². The first kappa shape index (κ1) is 24.4. The summed E-state index contributed by atoms with van der Waals surface area (Å²) in [4.78, 5) is 22.1. The lowest BCUT2D eigenvalue weighted by molar-refractivity contribution is 0.104. The Morgan fingerprint density at radius 3 is 3.03 bits per heavy atom. The van der Waals surface area contributed by atoms with Crippen LogP contribution in [0.3, 0.4) is 0 Å². The number of nitrogens with one attached hydrogen (secondary N) is 1. The van der Waals surface area contributed by atoms with E-state index in [0.717, 1.165) is 27.1 Å². The molecular formula is C22H23IN4O4S2. The summed E-state index contributed by atoms with van der Waals surface area (Å²) in [7, 11) is 0. The minimum Gasteiger partial charge on any atom is -0.488 e. The first-order valence-corrected chi connectivity index (χ1v) is 13.0. The van der Waals surface area contributed by atoms with Crippen LogP contribution in [0.15, 0.2) is 48.2 Å². The average molecular weight is 598 g/mol. The van der Waals surface area contributed by atoms with Crippen molar-refractivity contribution in [2.45, 2.75) is 31.6 Å². The predicted molar refractivity (Wildman–Crippen MR) is 137 cm³/mol. The fourth-order valence-electron chi connectivity index (χ4n) is 3.76. The SMILES string of the molecule is NSOC[C@H]1C[C@@H](Nc2ncncc2C(=O)c2cc(COc3ccccc3I)cs2)C[C@@H]1O. The third kappa shape index (κ3) is 6.22. The number of aliphatic hydroxyl groups excluding tert-OH is 1. The van der Waals surface area contributed by atoms with Gasteiger partial charge in [-0.3, -0.25) is 9.93 Å². The molecule has 1 aliphatic rings. The number of aliphatic hydroxyl groups is 1. The maximum atomic E-state index is 13.2. The Morgan fingerprint density at radius 2 is 2.21 bits per heavy atom. The number of anilines is 1. The van der Waals surface area contributed by atoms with E-state index in [1.54, 1.807) is 0 Å². The van der Waals surface area contributed by atoms with Crippen LogP contribution in [0.2, 0.25) is 0 Å². The van der Waals surface area contributed by atoms with Crippen LogP contribution in [0.25, 0.3) is 0 Å². The van der Waals surface area contributed by atoms with E-state index in [1.165, 1.54) is 23.9 Å². The number of carbonyl (C=O) groups is 1. The summed E-state index contributed by atoms with van der Waals surface area (Å²) in [5, 5.41) is 20.8. The van der Waals surface area contributed by atoms with Gasteiger partial charge in [-0.2, -0.15) is 0 Å². The summed E-state index contributed by atoms with van der Waals surface area (Å²) in [5.41, 5.74) is 1.32. The molecule has 2 heterocycles. The molecule has 0 amide bonds. The number of halogens is 1. The van der Waals surface area contributed by atoms with Crippen molar-refractivity contribution in [3.63, 3.8) is 0 Å². The lowest BCUT2D eigenvalue weighted by Crippen LogP contribution is -2.20. The molecule has 3 aromatic rings. The fraction of sp³-hybridized carbons (Fsp3) is 0.318. The summed E-state index contributed by atoms with van der Waals surface area (Å²) in [5.74, 6) is 1.10. The van der Waals surface area contributed by atoms with E-state index in [0.29, 0.717) is 42.3 Å². The highest BCUT2D eigenvalue weighted by atomic mass is 127. The monoisotopic (exact) mass is 598 g/mol. The van der Waals surface area contributed by atoms with E-state index in [4.69, 9.17) is 14.1 Å². The topological polar surface area (TPSA) is 120 Å². The molecule has 0 spiro atoms. The van der Waals surface area contributed by atoms with Crippen molar-refractivity contribution in [2.24, 2.45) is 11.1 Å². The van der Waals surface area contributed by atoms with Crippen LogP contribution in [-0.2, 0) is 10.8 Å². The van der Waals surface area contributed by atoms with Gasteiger partial charge < -0.3 is 19.3 Å². The zero-order chi connectivity index (χ0) is 23.2. The molecule has 0 bridgehead atoms. The second-order valence-corrected chi connectivity index (χ2v) is 10.2. The number of benzene rings is 1. The maximum Gasteiger partial charge on any atom is 0.208 e. The van der Waals surface area contributed by atoms with Crippen LogP contribution in [0.5, 0.6) is 5.75 Å². The lowest BCUT2D eigenvalue weighted by Gasteiger charge is -2.15. The summed E-state index contributed by atoms with van der Waals surface area (Å²) in [6, 6.07) is 9.61. The van der Waals surface area contributed by atoms with Crippen molar-refractivity contribution in [1.29, 1.82) is 0 Å². The van der Waals surface area contributed by atoms with Crippen molar-refractivity contribution >= 4 is 57.8 Å². The highest BCUT2D eigenvalue weighted by Crippen LogP contribution is 2.31. The highest BCUT2D eigenvalue weighted by Gasteiger charge is 2.34. The Bertz CT molecular complexity index is 1100. The van der Waals surface area contributed by atoms with Crippen LogP contribution >= 0.6 is 46.2 Å². The molecule has 0 saturated heterocycles. The van der Waals surface area contributed by atoms with Gasteiger partial charge in [0, 0.05) is 23.7 Å². The summed E-state index contributed by atoms with van der Waals surface area (Å²) < 4.78 is 12.1. The third-order valence-corrected chi connectivity index (χ3v) is 7.55. The first-order chi connectivity index (χ1) is 16.0. The number of thiophene rings is 1. The van der Waals surface area contributed by atoms with Gasteiger partial charge in [0.1, 0.15) is 24.5 Å². The molecule has 1 aromatic carbocycles. The van der Waals surface area contributed by atoms with Crippen LogP contribution < -0.4 is 15.2 Å². The molecule has 1 fully saturated rings. The molecule has 1 aliphatic carbocycles. The summed E-state index contributed by atoms with van der Waals surface area (Å²) in [6.45, 7) is 0.753. The molecule has 11 heteroatoms. The minimum atomic E-state index is -0.497. The zero-order valence-electron chi connectivity index (χ0n) is 17.5. The molecule has 0 aliphatic heterocycles. The number of carbonyl (C=O) groups excluding carboxylic acids is 1. The van der Waals surface area contributed by atoms with Gasteiger partial charge in [-0.1, -0.05) is 12.1 Å². The van der Waals surface area contributed by atoms with Gasteiger partial charge in [-0.25, -0.2) is 9.97 Å². The second-order valence-electron chi connectivity index (χ2n) is 7.67. The van der Waals surface area contributed by atoms with Gasteiger partial charge in [0.15, 0.2) is 0 Å². The molecule has 0 unspecified atom stereocenters. The van der Waals surface area contributed by atoms with Crippen LogP contribution in [0.4, 0.5) is 5.82 Å². The molecule has 174 valence electrons. The van der Waals surface area contributed by atoms with Crippen molar-refractivity contribution in [1.82, 2.24) is 9.97 Å². The summed E-state index contributed by atoms with van der Waals surface area (Å²) in [6.07, 6.45) is 3.67. The largest absolute Gasteiger partial charge is 0.488 e. The smallest absolute Gasteiger partial charge is 0.208 e. The van der Waals surface area contributed by atoms with E-state index in [2.05, 4.69) is 37.9 Å². The molecule has 8 nitrogen and oxygen atoms in total. The molecule has 0 radical (unpaired) electrons. The Balaban J connectivity index is 1.42. The molecule has 33 heavy (non-hydrogen) atoms. The van der Waals surface area contributed by atoms with Crippen LogP contribution in [0, 0.1) is 9.49 Å². The Hall–Kier alpha value is -1.77. The van der Waals surface area contributed by atoms with E-state index >= 15 is 0 Å². The van der Waals surface area contributed by atoms with Gasteiger partial charge in [0.25, 0.3) is 0 Å². The molecule has 1 saturated carbocycles. The second kappa shape index (κ2) is 11.6. The summed E-state index contributed by atoms with van der Waals surface area (Å²) >= 11 is 4.40. The number of hydrogen-bond acceptors (Lipinski definition) is 10. The molecule has 4 rings (SSSR count). The number of nitrogens with two attached hydrogens (primary N) is 1. The van der Waals surface area contributed by atoms with E-state index in [1.807, 2.05) is 35.7 Å². The Labute approximate surface area is 213 Å². The lowest BCUT2D eigenvalue weighted by atomic mass is 10.1. The third-order valence-electron chi connectivity index (χ3n) is 5.41. The maximum absolute atomic E-state index is 13.2. The number of hydrogen-bond donors (Lipinski definition) is 3. The molecule has 3 atom stereocenters. The van der Waals surface area contributed by atoms with Crippen molar-refractivity contribution in [3.8, 4) is 5.75 Å². The number of nitrogens with zero attached hydrogens (tertiary/aromatic N) is 2. The van der Waals surface area contributed by atoms with Gasteiger partial charge in [0.2, 0.25) is 5.78 Å². The normalized spacial score (nSPS) is 20.0. The number of ketones is 1. The Kier molecular flexibility index (Phi) is 8.55. The predicted octanol–water partition coefficient (Wildman–Crippen LogP) is 4.04. The number of aromatic nitrogens is 2. The molecular weight excluding hydrogens is 575 g/mol. The fourth-order valence-corrected chi connectivity index (χ4v) is 5.40. The van der Waals surface area contributed by atoms with Gasteiger partial charge >= 0.3 is 0 Å². The van der Waals surface area contributed by atoms with Gasteiger partial charge in [-0.15, -0.1) is 11.3 Å². The number of ether oxygens (including phenoxy) is 1. The van der Waals surface area contributed by atoms with Crippen molar-refractivity contribution in [2.75, 3.05) is 11.9 Å². The highest BCUT2D eigenvalue weighted by molar-refractivity contribution is 14.1. The molecule has 2 aromatic heterocycles.